The van der Waals surface area contributed by atoms with E-state index in [1.54, 1.807) is 33.4 Å². The zero-order chi connectivity index (χ0) is 28.7. The van der Waals surface area contributed by atoms with Gasteiger partial charge in [-0.1, -0.05) is 123 Å². The molecule has 0 heterocycles. The van der Waals surface area contributed by atoms with Gasteiger partial charge in [-0.25, -0.2) is 0 Å². The fraction of sp³-hybridized carbons (Fsp3) is 0.366. The predicted octanol–water partition coefficient (Wildman–Crippen LogP) is 11.3. The van der Waals surface area contributed by atoms with Crippen molar-refractivity contribution < 1.29 is 0 Å². The van der Waals surface area contributed by atoms with Crippen LogP contribution in [0.15, 0.2) is 112 Å². The van der Waals surface area contributed by atoms with Gasteiger partial charge in [0.05, 0.1) is 5.41 Å². The van der Waals surface area contributed by atoms with Crippen LogP contribution in [-0.2, 0) is 10.8 Å². The SMILES string of the molecule is CC1=Cc2c(-c3ccccc3C(C)(C)C)cccc2C1C1(c2ccccc2)C2=C(CCC2)C(C)=C2CC(C)C(C)=C21. The average molecular weight is 537 g/mol. The lowest BCUT2D eigenvalue weighted by molar-refractivity contribution is 0.499. The Balaban J connectivity index is 1.55. The standard InChI is InChI=1S/C41H44/c1-25-23-34-28(4)30-18-14-22-37(30)41(39(34)27(25)3,29-15-9-8-10-16-29)38-26(2)24-35-31(19-13-20-33(35)38)32-17-11-12-21-36(32)40(5,6)7/h8-13,15-17,19-21,24-25,38H,14,18,22-23H2,1-7H3. The maximum atomic E-state index is 2.55. The van der Waals surface area contributed by atoms with Crippen LogP contribution in [0.2, 0.25) is 0 Å². The number of rotatable bonds is 3. The second-order valence-electron chi connectivity index (χ2n) is 14.2. The van der Waals surface area contributed by atoms with Gasteiger partial charge in [-0.15, -0.1) is 0 Å². The van der Waals surface area contributed by atoms with E-state index in [9.17, 15) is 0 Å². The van der Waals surface area contributed by atoms with Crippen LogP contribution >= 0.6 is 0 Å². The summed E-state index contributed by atoms with van der Waals surface area (Å²) < 4.78 is 0. The molecule has 0 spiro atoms. The number of hydrogen-bond acceptors (Lipinski definition) is 0. The van der Waals surface area contributed by atoms with Gasteiger partial charge in [0.1, 0.15) is 0 Å². The van der Waals surface area contributed by atoms with E-state index in [4.69, 9.17) is 0 Å². The summed E-state index contributed by atoms with van der Waals surface area (Å²) >= 11 is 0. The monoisotopic (exact) mass is 536 g/mol. The molecule has 3 aromatic carbocycles. The Labute approximate surface area is 247 Å². The molecule has 0 saturated heterocycles. The van der Waals surface area contributed by atoms with Gasteiger partial charge in [0.2, 0.25) is 0 Å². The van der Waals surface area contributed by atoms with E-state index >= 15 is 0 Å². The van der Waals surface area contributed by atoms with Crippen LogP contribution < -0.4 is 0 Å². The van der Waals surface area contributed by atoms with Gasteiger partial charge in [-0.05, 0) is 113 Å². The van der Waals surface area contributed by atoms with Crippen molar-refractivity contribution in [3.8, 4) is 11.1 Å². The van der Waals surface area contributed by atoms with E-state index in [0.29, 0.717) is 11.8 Å². The number of allylic oxidation sites excluding steroid dienone is 7. The summed E-state index contributed by atoms with van der Waals surface area (Å²) in [4.78, 5) is 0. The Bertz CT molecular complexity index is 1690. The Morgan fingerprint density at radius 2 is 1.46 bits per heavy atom. The minimum absolute atomic E-state index is 0.0768. The van der Waals surface area contributed by atoms with E-state index in [0.717, 1.165) is 0 Å². The van der Waals surface area contributed by atoms with E-state index < -0.39 is 0 Å². The molecule has 3 atom stereocenters. The van der Waals surface area contributed by atoms with Crippen molar-refractivity contribution in [1.29, 1.82) is 0 Å². The third kappa shape index (κ3) is 3.65. The molecule has 0 bridgehead atoms. The lowest BCUT2D eigenvalue weighted by Crippen LogP contribution is -2.40. The fourth-order valence-electron chi connectivity index (χ4n) is 9.10. The maximum Gasteiger partial charge on any atom is 0.0525 e. The first-order valence-corrected chi connectivity index (χ1v) is 15.8. The van der Waals surface area contributed by atoms with Crippen molar-refractivity contribution in [2.45, 2.75) is 90.9 Å². The first-order chi connectivity index (χ1) is 19.7. The summed E-state index contributed by atoms with van der Waals surface area (Å²) in [6, 6.07) is 27.8. The highest BCUT2D eigenvalue weighted by Gasteiger charge is 2.56. The lowest BCUT2D eigenvalue weighted by atomic mass is 9.54. The quantitative estimate of drug-likeness (QED) is 0.312. The Kier molecular flexibility index (Phi) is 6.02. The lowest BCUT2D eigenvalue weighted by Gasteiger charge is -2.48. The molecule has 208 valence electrons. The van der Waals surface area contributed by atoms with Crippen molar-refractivity contribution in [2.75, 3.05) is 0 Å². The molecule has 0 saturated carbocycles. The zero-order valence-electron chi connectivity index (χ0n) is 26.0. The minimum Gasteiger partial charge on any atom is -0.0654 e. The van der Waals surface area contributed by atoms with Crippen LogP contribution in [0.3, 0.4) is 0 Å². The average Bonchev–Trinajstić information content (AvgIpc) is 3.66. The first-order valence-electron chi connectivity index (χ1n) is 15.8. The summed E-state index contributed by atoms with van der Waals surface area (Å²) in [5.41, 5.74) is 19.9. The topological polar surface area (TPSA) is 0 Å². The predicted molar refractivity (Wildman–Crippen MR) is 175 cm³/mol. The highest BCUT2D eigenvalue weighted by Crippen LogP contribution is 2.67. The zero-order valence-corrected chi connectivity index (χ0v) is 26.0. The molecule has 3 aromatic rings. The summed E-state index contributed by atoms with van der Waals surface area (Å²) in [5.74, 6) is 0.885. The summed E-state index contributed by atoms with van der Waals surface area (Å²) in [7, 11) is 0. The molecule has 0 amide bonds. The number of hydrogen-bond donors (Lipinski definition) is 0. The van der Waals surface area contributed by atoms with Crippen LogP contribution in [0, 0.1) is 5.92 Å². The molecule has 0 N–H and O–H groups in total. The Morgan fingerprint density at radius 3 is 2.22 bits per heavy atom. The van der Waals surface area contributed by atoms with Gasteiger partial charge in [0.15, 0.2) is 0 Å². The number of benzene rings is 3. The summed E-state index contributed by atoms with van der Waals surface area (Å²) in [6.45, 7) is 16.8. The molecule has 0 nitrogen and oxygen atoms in total. The van der Waals surface area contributed by atoms with E-state index in [-0.39, 0.29) is 10.8 Å². The molecule has 0 aliphatic heterocycles. The van der Waals surface area contributed by atoms with Gasteiger partial charge in [-0.3, -0.25) is 0 Å². The van der Waals surface area contributed by atoms with E-state index in [1.807, 2.05) is 0 Å². The summed E-state index contributed by atoms with van der Waals surface area (Å²) in [6.07, 6.45) is 7.42. The molecule has 0 fully saturated rings. The van der Waals surface area contributed by atoms with Gasteiger partial charge in [0, 0.05) is 5.92 Å². The summed E-state index contributed by atoms with van der Waals surface area (Å²) in [5, 5.41) is 0. The minimum atomic E-state index is -0.148. The molecule has 0 radical (unpaired) electrons. The van der Waals surface area contributed by atoms with Gasteiger partial charge in [0.25, 0.3) is 0 Å². The van der Waals surface area contributed by atoms with Crippen LogP contribution in [-0.4, -0.2) is 0 Å². The maximum absolute atomic E-state index is 2.55. The van der Waals surface area contributed by atoms with Crippen LogP contribution in [0.5, 0.6) is 0 Å². The Hall–Kier alpha value is -3.38. The number of fused-ring (bicyclic) bond motifs is 2. The normalized spacial score (nSPS) is 25.5. The molecule has 4 aliphatic carbocycles. The molecule has 7 rings (SSSR count). The second kappa shape index (κ2) is 9.32. The van der Waals surface area contributed by atoms with Crippen molar-refractivity contribution >= 4 is 6.08 Å². The van der Waals surface area contributed by atoms with Gasteiger partial charge >= 0.3 is 0 Å². The fourth-order valence-corrected chi connectivity index (χ4v) is 9.10. The Morgan fingerprint density at radius 1 is 0.756 bits per heavy atom. The van der Waals surface area contributed by atoms with Crippen LogP contribution in [0.4, 0.5) is 0 Å². The first kappa shape index (κ1) is 26.5. The van der Waals surface area contributed by atoms with Crippen LogP contribution in [0.25, 0.3) is 17.2 Å². The van der Waals surface area contributed by atoms with Crippen molar-refractivity contribution in [3.63, 3.8) is 0 Å². The molecule has 0 aromatic heterocycles. The van der Waals surface area contributed by atoms with E-state index in [2.05, 4.69) is 127 Å². The third-order valence-corrected chi connectivity index (χ3v) is 10.9. The van der Waals surface area contributed by atoms with Gasteiger partial charge in [-0.2, -0.15) is 0 Å². The largest absolute Gasteiger partial charge is 0.0654 e. The third-order valence-electron chi connectivity index (χ3n) is 10.9. The van der Waals surface area contributed by atoms with Gasteiger partial charge < -0.3 is 0 Å². The second-order valence-corrected chi connectivity index (χ2v) is 14.2. The highest BCUT2D eigenvalue weighted by atomic mass is 14.6. The van der Waals surface area contributed by atoms with E-state index in [1.165, 1.54) is 64.6 Å². The molecular weight excluding hydrogens is 492 g/mol. The molecule has 4 aliphatic rings. The molecule has 41 heavy (non-hydrogen) atoms. The van der Waals surface area contributed by atoms with Crippen molar-refractivity contribution in [2.24, 2.45) is 5.92 Å². The molecular formula is C41H44. The van der Waals surface area contributed by atoms with Crippen molar-refractivity contribution in [1.82, 2.24) is 0 Å². The molecule has 0 heteroatoms. The van der Waals surface area contributed by atoms with Crippen LogP contribution in [0.1, 0.15) is 102 Å². The molecule has 3 unspecified atom stereocenters. The smallest absolute Gasteiger partial charge is 0.0525 e. The highest BCUT2D eigenvalue weighted by molar-refractivity contribution is 5.86. The van der Waals surface area contributed by atoms with Crippen molar-refractivity contribution in [3.05, 3.63) is 134 Å².